The molecular formula is C13H22N2O3. The lowest BCUT2D eigenvalue weighted by atomic mass is 9.78. The third-order valence-electron chi connectivity index (χ3n) is 4.35. The number of ether oxygens (including phenoxy) is 2. The number of amides is 1. The summed E-state index contributed by atoms with van der Waals surface area (Å²) in [6.07, 6.45) is -0.183. The van der Waals surface area contributed by atoms with E-state index in [1.165, 1.54) is 0 Å². The molecule has 3 aliphatic rings. The number of nitrogens with one attached hydrogen (secondary N) is 1. The smallest absolute Gasteiger partial charge is 0.410 e. The number of nitrogens with zero attached hydrogens (tertiary/aromatic N) is 1. The molecule has 5 nitrogen and oxygen atoms in total. The van der Waals surface area contributed by atoms with Gasteiger partial charge in [0.1, 0.15) is 5.60 Å². The number of carbonyl (C=O) groups excluding carboxylic acids is 1. The van der Waals surface area contributed by atoms with Gasteiger partial charge in [-0.2, -0.15) is 0 Å². The summed E-state index contributed by atoms with van der Waals surface area (Å²) in [6.45, 7) is 9.82. The molecule has 1 spiro atoms. The van der Waals surface area contributed by atoms with E-state index in [1.54, 1.807) is 0 Å². The van der Waals surface area contributed by atoms with Gasteiger partial charge in [-0.25, -0.2) is 4.79 Å². The highest BCUT2D eigenvalue weighted by atomic mass is 16.6. The Morgan fingerprint density at radius 1 is 1.50 bits per heavy atom. The van der Waals surface area contributed by atoms with Crippen LogP contribution in [0.1, 0.15) is 20.8 Å². The van der Waals surface area contributed by atoms with Crippen LogP contribution >= 0.6 is 0 Å². The molecule has 1 amide bonds. The summed E-state index contributed by atoms with van der Waals surface area (Å²) >= 11 is 0. The molecule has 1 N–H and O–H groups in total. The van der Waals surface area contributed by atoms with E-state index in [0.29, 0.717) is 12.0 Å². The molecule has 0 aliphatic carbocycles. The Morgan fingerprint density at radius 2 is 2.28 bits per heavy atom. The molecule has 3 fully saturated rings. The van der Waals surface area contributed by atoms with Crippen molar-refractivity contribution in [2.45, 2.75) is 32.4 Å². The quantitative estimate of drug-likeness (QED) is 0.696. The SMILES string of the molecule is CC(C)(C)OC(=O)N1C[C@H]2CN[C@@H]3COC[C@]23C1. The van der Waals surface area contributed by atoms with Gasteiger partial charge in [-0.15, -0.1) is 0 Å². The average Bonchev–Trinajstić information content (AvgIpc) is 2.82. The summed E-state index contributed by atoms with van der Waals surface area (Å²) in [5.74, 6) is 0.512. The Morgan fingerprint density at radius 3 is 3.00 bits per heavy atom. The van der Waals surface area contributed by atoms with Crippen molar-refractivity contribution < 1.29 is 14.3 Å². The van der Waals surface area contributed by atoms with Gasteiger partial charge in [-0.05, 0) is 20.8 Å². The van der Waals surface area contributed by atoms with E-state index < -0.39 is 5.60 Å². The van der Waals surface area contributed by atoms with E-state index in [0.717, 1.165) is 32.8 Å². The fourth-order valence-corrected chi connectivity index (χ4v) is 3.47. The Kier molecular flexibility index (Phi) is 2.61. The Labute approximate surface area is 108 Å². The van der Waals surface area contributed by atoms with Crippen molar-refractivity contribution in [2.24, 2.45) is 11.3 Å². The van der Waals surface area contributed by atoms with Crippen LogP contribution in [0.4, 0.5) is 4.79 Å². The monoisotopic (exact) mass is 254 g/mol. The fourth-order valence-electron chi connectivity index (χ4n) is 3.47. The van der Waals surface area contributed by atoms with Crippen LogP contribution in [0.5, 0.6) is 0 Å². The van der Waals surface area contributed by atoms with Crippen LogP contribution in [-0.2, 0) is 9.47 Å². The van der Waals surface area contributed by atoms with Gasteiger partial charge >= 0.3 is 6.09 Å². The number of hydrogen-bond donors (Lipinski definition) is 1. The maximum Gasteiger partial charge on any atom is 0.410 e. The number of hydrogen-bond acceptors (Lipinski definition) is 4. The van der Waals surface area contributed by atoms with Crippen LogP contribution in [0.2, 0.25) is 0 Å². The van der Waals surface area contributed by atoms with Crippen molar-refractivity contribution in [1.29, 1.82) is 0 Å². The highest BCUT2D eigenvalue weighted by Gasteiger charge is 2.59. The first-order chi connectivity index (χ1) is 8.41. The predicted octanol–water partition coefficient (Wildman–Crippen LogP) is 0.842. The second-order valence-electron chi connectivity index (χ2n) is 6.77. The molecule has 102 valence electrons. The molecule has 3 rings (SSSR count). The summed E-state index contributed by atoms with van der Waals surface area (Å²) < 4.78 is 11.1. The van der Waals surface area contributed by atoms with E-state index in [1.807, 2.05) is 25.7 Å². The van der Waals surface area contributed by atoms with Crippen molar-refractivity contribution in [3.05, 3.63) is 0 Å². The molecule has 0 bridgehead atoms. The zero-order valence-electron chi connectivity index (χ0n) is 11.4. The topological polar surface area (TPSA) is 50.8 Å². The Balaban J connectivity index is 1.70. The molecule has 0 radical (unpaired) electrons. The van der Waals surface area contributed by atoms with Crippen LogP contribution in [0.25, 0.3) is 0 Å². The second-order valence-corrected chi connectivity index (χ2v) is 6.77. The molecular weight excluding hydrogens is 232 g/mol. The van der Waals surface area contributed by atoms with Gasteiger partial charge in [-0.3, -0.25) is 0 Å². The maximum atomic E-state index is 12.1. The van der Waals surface area contributed by atoms with Crippen LogP contribution in [0, 0.1) is 11.3 Å². The molecule has 0 aromatic heterocycles. The lowest BCUT2D eigenvalue weighted by Crippen LogP contribution is -2.43. The van der Waals surface area contributed by atoms with E-state index in [2.05, 4.69) is 5.32 Å². The lowest BCUT2D eigenvalue weighted by molar-refractivity contribution is 0.0265. The summed E-state index contributed by atoms with van der Waals surface area (Å²) in [5.41, 5.74) is -0.285. The minimum absolute atomic E-state index is 0.136. The molecule has 3 aliphatic heterocycles. The molecule has 0 saturated carbocycles. The largest absolute Gasteiger partial charge is 0.444 e. The van der Waals surface area contributed by atoms with Crippen LogP contribution in [0.3, 0.4) is 0 Å². The molecule has 0 unspecified atom stereocenters. The number of carbonyl (C=O) groups is 1. The van der Waals surface area contributed by atoms with Gasteiger partial charge < -0.3 is 19.7 Å². The standard InChI is InChI=1S/C13H22N2O3/c1-12(2,3)18-11(16)15-5-9-4-14-10-6-17-8-13(9,10)7-15/h9-10,14H,4-8H2,1-3H3/t9-,10-,13-/m1/s1. The maximum absolute atomic E-state index is 12.1. The highest BCUT2D eigenvalue weighted by Crippen LogP contribution is 2.46. The number of likely N-dealkylation sites (tertiary alicyclic amines) is 1. The van der Waals surface area contributed by atoms with Crippen molar-refractivity contribution in [1.82, 2.24) is 10.2 Å². The van der Waals surface area contributed by atoms with E-state index in [4.69, 9.17) is 9.47 Å². The van der Waals surface area contributed by atoms with E-state index in [9.17, 15) is 4.79 Å². The molecule has 18 heavy (non-hydrogen) atoms. The van der Waals surface area contributed by atoms with Crippen molar-refractivity contribution in [3.8, 4) is 0 Å². The molecule has 3 atom stereocenters. The van der Waals surface area contributed by atoms with Gasteiger partial charge in [0.05, 0.1) is 13.2 Å². The van der Waals surface area contributed by atoms with Crippen LogP contribution in [0.15, 0.2) is 0 Å². The molecule has 0 aromatic rings. The molecule has 5 heteroatoms. The highest BCUT2D eigenvalue weighted by molar-refractivity contribution is 5.69. The van der Waals surface area contributed by atoms with Crippen LogP contribution in [-0.4, -0.2) is 55.5 Å². The summed E-state index contributed by atoms with van der Waals surface area (Å²) in [4.78, 5) is 14.0. The van der Waals surface area contributed by atoms with Gasteiger partial charge in [0, 0.05) is 37.0 Å². The first kappa shape index (κ1) is 12.2. The Hall–Kier alpha value is -0.810. The minimum Gasteiger partial charge on any atom is -0.444 e. The fraction of sp³-hybridized carbons (Fsp3) is 0.923. The van der Waals surface area contributed by atoms with E-state index in [-0.39, 0.29) is 11.5 Å². The van der Waals surface area contributed by atoms with Gasteiger partial charge in [0.2, 0.25) is 0 Å². The van der Waals surface area contributed by atoms with Crippen molar-refractivity contribution >= 4 is 6.09 Å². The lowest BCUT2D eigenvalue weighted by Gasteiger charge is -2.27. The minimum atomic E-state index is -0.420. The van der Waals surface area contributed by atoms with Crippen molar-refractivity contribution in [2.75, 3.05) is 32.8 Å². The first-order valence-corrected chi connectivity index (χ1v) is 6.70. The zero-order chi connectivity index (χ0) is 13.0. The third-order valence-corrected chi connectivity index (χ3v) is 4.35. The predicted molar refractivity (Wildman–Crippen MR) is 66.3 cm³/mol. The molecule has 3 heterocycles. The van der Waals surface area contributed by atoms with Crippen molar-refractivity contribution in [3.63, 3.8) is 0 Å². The van der Waals surface area contributed by atoms with Gasteiger partial charge in [-0.1, -0.05) is 0 Å². The van der Waals surface area contributed by atoms with Gasteiger partial charge in [0.15, 0.2) is 0 Å². The zero-order valence-corrected chi connectivity index (χ0v) is 11.4. The normalized spacial score (nSPS) is 38.7. The second kappa shape index (κ2) is 3.84. The molecule has 0 aromatic carbocycles. The Bertz CT molecular complexity index is 366. The summed E-state index contributed by atoms with van der Waals surface area (Å²) in [5, 5.41) is 3.52. The average molecular weight is 254 g/mol. The van der Waals surface area contributed by atoms with Gasteiger partial charge in [0.25, 0.3) is 0 Å². The summed E-state index contributed by atoms with van der Waals surface area (Å²) in [6, 6.07) is 0.412. The number of rotatable bonds is 0. The third kappa shape index (κ3) is 1.80. The van der Waals surface area contributed by atoms with Crippen LogP contribution < -0.4 is 5.32 Å². The first-order valence-electron chi connectivity index (χ1n) is 6.70. The summed E-state index contributed by atoms with van der Waals surface area (Å²) in [7, 11) is 0. The van der Waals surface area contributed by atoms with E-state index >= 15 is 0 Å². The molecule has 3 saturated heterocycles.